The third kappa shape index (κ3) is 22.5. The monoisotopic (exact) mass is 1820 g/mol. The van der Waals surface area contributed by atoms with Crippen molar-refractivity contribution in [1.29, 1.82) is 0 Å². The molecule has 123 heavy (non-hydrogen) atoms. The molecule has 2 aromatic rings. The van der Waals surface area contributed by atoms with Crippen LogP contribution in [0.5, 0.6) is 0 Å². The lowest BCUT2D eigenvalue weighted by molar-refractivity contribution is -0.179. The zero-order valence-electron chi connectivity index (χ0n) is 75.0. The first kappa shape index (κ1) is 98.3. The van der Waals surface area contributed by atoms with E-state index in [2.05, 4.69) is 103 Å². The average Bonchev–Trinajstić information content (AvgIpc) is 1.68. The number of rotatable bonds is 29. The molecule has 0 bridgehead atoms. The Bertz CT molecular complexity index is 4570. The zero-order valence-corrected chi connectivity index (χ0v) is 79.1. The molecular formula is C93H149N3O22S5. The number of hydrogen-bond donors (Lipinski definition) is 9. The van der Waals surface area contributed by atoms with Crippen LogP contribution in [0.4, 0.5) is 0 Å². The molecule has 12 aliphatic carbocycles. The number of carbonyl (C=O) groups is 3. The molecule has 3 unspecified atom stereocenters. The number of fused-ring (bicyclic) bond motifs is 15. The van der Waals surface area contributed by atoms with Gasteiger partial charge in [-0.25, -0.2) is 0 Å². The van der Waals surface area contributed by atoms with Crippen LogP contribution in [0.2, 0.25) is 0 Å². The normalized spacial score (nSPS) is 39.6. The highest BCUT2D eigenvalue weighted by atomic mass is 32.2. The average molecular weight is 1820 g/mol. The molecule has 0 spiro atoms. The molecule has 25 nitrogen and oxygen atoms in total. The van der Waals surface area contributed by atoms with Crippen LogP contribution in [0, 0.1) is 146 Å². The maximum Gasteiger partial charge on any atom is 0.297 e. The molecular weight excluding hydrogens is 1670 g/mol. The van der Waals surface area contributed by atoms with Crippen LogP contribution >= 0.6 is 0 Å². The van der Waals surface area contributed by atoms with E-state index in [1.165, 1.54) is 24.8 Å². The number of nitrogens with one attached hydrogen (secondary N) is 3. The summed E-state index contributed by atoms with van der Waals surface area (Å²) in [4.78, 5) is 37.1. The topological polar surface area (TPSA) is 407 Å². The number of benzene rings is 2. The summed E-state index contributed by atoms with van der Waals surface area (Å²) in [5, 5.41) is 42.7. The van der Waals surface area contributed by atoms with Gasteiger partial charge in [0.15, 0.2) is 0 Å². The molecule has 0 aromatic heterocycles. The molecule has 12 fully saturated rings. The molecule has 698 valence electrons. The fourth-order valence-corrected chi connectivity index (χ4v) is 32.5. The van der Waals surface area contributed by atoms with Crippen molar-refractivity contribution >= 4 is 68.3 Å². The van der Waals surface area contributed by atoms with Gasteiger partial charge in [0.05, 0.1) is 71.6 Å². The van der Waals surface area contributed by atoms with Crippen LogP contribution in [0.1, 0.15) is 266 Å². The number of ether oxygens (including phenoxy) is 1. The number of amides is 3. The summed E-state index contributed by atoms with van der Waals surface area (Å²) in [6, 6.07) is 17.2. The third-order valence-corrected chi connectivity index (χ3v) is 40.1. The quantitative estimate of drug-likeness (QED) is 0.0270. The second kappa shape index (κ2) is 39.0. The minimum atomic E-state index is -4.10. The molecule has 0 saturated heterocycles. The third-order valence-electron chi connectivity index (χ3n) is 35.9. The molecule has 14 rings (SSSR count). The Balaban J connectivity index is 0.000000169. The summed E-state index contributed by atoms with van der Waals surface area (Å²) >= 11 is 0. The van der Waals surface area contributed by atoms with E-state index in [1.54, 1.807) is 24.3 Å². The molecule has 30 heteroatoms. The molecule has 9 N–H and O–H groups in total. The van der Waals surface area contributed by atoms with Gasteiger partial charge < -0.3 is 36.0 Å². The number of aliphatic hydroxyl groups excluding tert-OH is 3. The smallest absolute Gasteiger partial charge is 0.297 e. The highest BCUT2D eigenvalue weighted by molar-refractivity contribution is 7.87. The van der Waals surface area contributed by atoms with Crippen molar-refractivity contribution in [2.45, 2.75) is 310 Å². The Kier molecular flexibility index (Phi) is 31.1. The fraction of sp³-hybridized carbons (Fsp3) is 0.839. The van der Waals surface area contributed by atoms with Crippen LogP contribution in [-0.2, 0) is 84.7 Å². The van der Waals surface area contributed by atoms with E-state index >= 15 is 0 Å². The second-order valence-corrected chi connectivity index (χ2v) is 50.6. The predicted molar refractivity (Wildman–Crippen MR) is 471 cm³/mol. The van der Waals surface area contributed by atoms with Gasteiger partial charge in [-0.05, 0) is 337 Å². The van der Waals surface area contributed by atoms with Gasteiger partial charge in [-0.1, -0.05) is 110 Å². The fourth-order valence-electron chi connectivity index (χ4n) is 29.7. The molecule has 30 atom stereocenters. The SMILES string of the molecule is C[C@H](CCC(=O)NCCS(=O)(=O)O)[C@H]1CC[C@H]2[C@@H]3[C@@H](O)CC4C[C@H](OCc5ccccc5)CC[C@]4(C)[C@H]3CC[C@]12C.C[C@H](CCC(=O)NCCS(=O)(=O)O)[C@H]1CC[C@H]2[C@@H]3[C@@H](O)CC4C[C@H](OS(C)(=O)=O)CC[C@]4(C)[C@H]3CC[C@]12C.Cc1ccc(S(=O)(=O)O[C@@H]2CC[C@@]3(C)C(C2)C[C@H](O)[C@H]2[C@@H]4CC[C@H]([C@H](C)CCC(=O)NCCS(=O)(=O)O)[C@@]4(C)CC[C@@H]23)cc1. The van der Waals surface area contributed by atoms with E-state index in [9.17, 15) is 71.8 Å². The number of aryl methyl sites for hydroxylation is 1. The van der Waals surface area contributed by atoms with E-state index in [0.29, 0.717) is 147 Å². The lowest BCUT2D eigenvalue weighted by Crippen LogP contribution is -2.58. The van der Waals surface area contributed by atoms with Crippen molar-refractivity contribution < 1.29 is 98.6 Å². The van der Waals surface area contributed by atoms with Crippen LogP contribution in [0.25, 0.3) is 0 Å². The van der Waals surface area contributed by atoms with Gasteiger partial charge in [-0.15, -0.1) is 0 Å². The lowest BCUT2D eigenvalue weighted by atomic mass is 9.43. The summed E-state index contributed by atoms with van der Waals surface area (Å²) in [5.74, 6) is 5.11. The standard InChI is InChI=1S/C33H51NO8S2.C33H51NO6S.C27H47NO8S2/c1-21-5-8-25(9-6-21)44(40,41)42-24-13-15-32(3)23(19-24)20-29(35)31-27-11-10-26(33(27,4)16-14-28(31)32)22(2)7-12-30(36)34-17-18-43(37,38)39;1-22(9-12-30(36)34-17-18-41(37,38)39)26-10-11-27-31-28(14-16-33(26,27)3)32(2)15-13-25(19-24(32)20-29(31)35)40-21-23-7-5-4-6-8-23;1-17(5-8-24(30)28-13-14-38(33,34)35)20-6-7-21-25-22(10-12-27(20,21)3)26(2)11-9-19(36-37(4,31)32)15-18(26)16-23(25)29/h5-6,8-9,22-24,26-29,31,35H,7,10-20H2,1-4H3,(H,34,36)(H,37,38,39);4-8,22,24-29,31,35H,9-21H2,1-3H3,(H,34,36)(H,37,38,39);17-23,25,29H,5-16H2,1-4H3,(H,28,30)(H,33,34,35)/t22-,23?,24-,26-,27+,28+,29+,31+,32+,33-;22-,24?,25-,26-,27+,28+,29+,31+,32+,33-;17-,18?,19-,20-,21+,22+,23+,25+,26+,27-/m111/s1. The molecule has 0 aliphatic heterocycles. The van der Waals surface area contributed by atoms with E-state index < -0.39 is 74.0 Å². The largest absolute Gasteiger partial charge is 0.393 e. The Hall–Kier alpha value is -3.76. The Morgan fingerprint density at radius 2 is 0.715 bits per heavy atom. The van der Waals surface area contributed by atoms with Crippen molar-refractivity contribution in [3.63, 3.8) is 0 Å². The molecule has 0 heterocycles. The van der Waals surface area contributed by atoms with Crippen LogP contribution in [-0.4, -0.2) is 169 Å². The van der Waals surface area contributed by atoms with Crippen LogP contribution in [0.15, 0.2) is 59.5 Å². The predicted octanol–water partition coefficient (Wildman–Crippen LogP) is 14.1. The van der Waals surface area contributed by atoms with Gasteiger partial charge in [-0.3, -0.25) is 36.4 Å². The van der Waals surface area contributed by atoms with Gasteiger partial charge in [0.25, 0.3) is 50.6 Å². The van der Waals surface area contributed by atoms with Crippen molar-refractivity contribution in [2.75, 3.05) is 43.1 Å². The van der Waals surface area contributed by atoms with E-state index in [4.69, 9.17) is 26.8 Å². The first-order valence-corrected chi connectivity index (χ1v) is 54.8. The Labute approximate surface area is 735 Å². The summed E-state index contributed by atoms with van der Waals surface area (Å²) in [6.07, 6.45) is 26.4. The number of hydrogen-bond acceptors (Lipinski definition) is 19. The lowest BCUT2D eigenvalue weighted by Gasteiger charge is -2.62. The summed E-state index contributed by atoms with van der Waals surface area (Å²) in [5.41, 5.74) is 3.00. The summed E-state index contributed by atoms with van der Waals surface area (Å²) in [7, 11) is -19.6. The van der Waals surface area contributed by atoms with Gasteiger partial charge in [0, 0.05) is 38.9 Å². The van der Waals surface area contributed by atoms with Crippen molar-refractivity contribution in [3.05, 3.63) is 65.7 Å². The van der Waals surface area contributed by atoms with Gasteiger partial charge in [-0.2, -0.15) is 42.1 Å². The first-order valence-electron chi connectivity index (χ1n) is 46.7. The zero-order chi connectivity index (χ0) is 89.6. The highest BCUT2D eigenvalue weighted by Gasteiger charge is 2.67. The van der Waals surface area contributed by atoms with Crippen LogP contribution < -0.4 is 16.0 Å². The molecule has 12 saturated carbocycles. The molecule has 0 radical (unpaired) electrons. The van der Waals surface area contributed by atoms with Crippen molar-refractivity contribution in [2.24, 2.45) is 139 Å². The maximum atomic E-state index is 13.0. The Morgan fingerprint density at radius 1 is 0.407 bits per heavy atom. The Morgan fingerprint density at radius 3 is 1.05 bits per heavy atom. The summed E-state index contributed by atoms with van der Waals surface area (Å²) < 4.78 is 159. The van der Waals surface area contributed by atoms with Gasteiger partial charge in [0.2, 0.25) is 17.7 Å². The number of carbonyl (C=O) groups excluding carboxylic acids is 3. The minimum Gasteiger partial charge on any atom is -0.393 e. The molecule has 3 amide bonds. The van der Waals surface area contributed by atoms with E-state index in [1.807, 2.05) is 13.0 Å². The van der Waals surface area contributed by atoms with Crippen LogP contribution in [0.3, 0.4) is 0 Å². The highest BCUT2D eigenvalue weighted by Crippen LogP contribution is 2.73. The molecule has 2 aromatic carbocycles. The number of aliphatic hydroxyl groups is 3. The second-order valence-electron chi connectivity index (χ2n) is 42.7. The van der Waals surface area contributed by atoms with E-state index in [-0.39, 0.29) is 129 Å². The van der Waals surface area contributed by atoms with E-state index in [0.717, 1.165) is 127 Å². The minimum absolute atomic E-state index is 0.0442. The van der Waals surface area contributed by atoms with Gasteiger partial charge >= 0.3 is 0 Å². The van der Waals surface area contributed by atoms with Crippen molar-refractivity contribution in [3.8, 4) is 0 Å². The first-order chi connectivity index (χ1) is 57.5. The summed E-state index contributed by atoms with van der Waals surface area (Å²) in [6.45, 7) is 23.6. The van der Waals surface area contributed by atoms with Crippen molar-refractivity contribution in [1.82, 2.24) is 16.0 Å². The van der Waals surface area contributed by atoms with Gasteiger partial charge in [0.1, 0.15) is 0 Å². The maximum absolute atomic E-state index is 13.0. The molecule has 12 aliphatic rings.